The number of hydrogen-bond donors (Lipinski definition) is 1. The third kappa shape index (κ3) is 6.38. The summed E-state index contributed by atoms with van der Waals surface area (Å²) in [6, 6.07) is 6.08. The second kappa shape index (κ2) is 10.0. The number of halogens is 2. The van der Waals surface area contributed by atoms with Crippen molar-refractivity contribution in [3.63, 3.8) is 0 Å². The smallest absolute Gasteiger partial charge is 0.119 e. The molecule has 1 rings (SSSR count). The van der Waals surface area contributed by atoms with Gasteiger partial charge in [0.05, 0.1) is 7.11 Å². The van der Waals surface area contributed by atoms with Crippen LogP contribution in [0.3, 0.4) is 0 Å². The fourth-order valence-corrected chi connectivity index (χ4v) is 2.66. The van der Waals surface area contributed by atoms with Gasteiger partial charge in [0, 0.05) is 11.0 Å². The molecule has 0 unspecified atom stereocenters. The van der Waals surface area contributed by atoms with Crippen LogP contribution >= 0.6 is 38.5 Å². The first kappa shape index (κ1) is 16.2. The van der Waals surface area contributed by atoms with E-state index >= 15 is 0 Å². The Hall–Kier alpha value is 0.190. The van der Waals surface area contributed by atoms with E-state index in [9.17, 15) is 0 Å². The lowest BCUT2D eigenvalue weighted by molar-refractivity contribution is 0.414. The number of benzene rings is 1. The van der Waals surface area contributed by atoms with Crippen molar-refractivity contribution >= 4 is 38.5 Å². The third-order valence-corrected chi connectivity index (χ3v) is 4.34. The first-order chi connectivity index (χ1) is 8.77. The zero-order valence-electron chi connectivity index (χ0n) is 10.8. The first-order valence-electron chi connectivity index (χ1n) is 6.37. The van der Waals surface area contributed by atoms with Crippen molar-refractivity contribution < 1.29 is 4.74 Å². The van der Waals surface area contributed by atoms with Crippen LogP contribution in [0.5, 0.6) is 5.75 Å². The molecule has 0 atom stereocenters. The van der Waals surface area contributed by atoms with Gasteiger partial charge in [-0.2, -0.15) is 0 Å². The van der Waals surface area contributed by atoms with E-state index in [1.807, 2.05) is 12.1 Å². The van der Waals surface area contributed by atoms with Gasteiger partial charge in [0.2, 0.25) is 0 Å². The second-order valence-corrected chi connectivity index (χ2v) is 6.17. The Kier molecular flexibility index (Phi) is 9.06. The second-order valence-electron chi connectivity index (χ2n) is 4.24. The average Bonchev–Trinajstić information content (AvgIpc) is 2.39. The van der Waals surface area contributed by atoms with Crippen molar-refractivity contribution in [2.24, 2.45) is 0 Å². The minimum absolute atomic E-state index is 0.893. The van der Waals surface area contributed by atoms with Crippen molar-refractivity contribution in [2.45, 2.75) is 32.2 Å². The summed E-state index contributed by atoms with van der Waals surface area (Å²) in [6.45, 7) is 1.98. The molecule has 4 heteroatoms. The van der Waals surface area contributed by atoms with E-state index in [1.165, 1.54) is 35.7 Å². The molecule has 0 aliphatic carbocycles. The molecule has 0 spiro atoms. The Balaban J connectivity index is 2.22. The summed E-state index contributed by atoms with van der Waals surface area (Å²) in [7, 11) is 1.70. The van der Waals surface area contributed by atoms with Crippen LogP contribution in [-0.2, 0) is 6.54 Å². The number of methoxy groups -OCH3 is 1. The fourth-order valence-electron chi connectivity index (χ4n) is 1.73. The summed E-state index contributed by atoms with van der Waals surface area (Å²) in [5, 5.41) is 3.48. The SMILES string of the molecule is COc1ccc(Br)c(CNCCCCCCI)c1. The molecule has 1 N–H and O–H groups in total. The zero-order chi connectivity index (χ0) is 13.2. The summed E-state index contributed by atoms with van der Waals surface area (Å²) < 4.78 is 7.65. The van der Waals surface area contributed by atoms with E-state index in [-0.39, 0.29) is 0 Å². The van der Waals surface area contributed by atoms with Gasteiger partial charge in [-0.25, -0.2) is 0 Å². The van der Waals surface area contributed by atoms with Crippen molar-refractivity contribution in [1.82, 2.24) is 5.32 Å². The van der Waals surface area contributed by atoms with E-state index in [0.29, 0.717) is 0 Å². The molecule has 2 nitrogen and oxygen atoms in total. The van der Waals surface area contributed by atoms with Crippen LogP contribution < -0.4 is 10.1 Å². The van der Waals surface area contributed by atoms with Crippen LogP contribution in [-0.4, -0.2) is 18.1 Å². The molecular weight excluding hydrogens is 405 g/mol. The Bertz CT molecular complexity index is 347. The maximum Gasteiger partial charge on any atom is 0.119 e. The molecule has 18 heavy (non-hydrogen) atoms. The van der Waals surface area contributed by atoms with Gasteiger partial charge >= 0.3 is 0 Å². The molecule has 0 heterocycles. The summed E-state index contributed by atoms with van der Waals surface area (Å²) in [4.78, 5) is 0. The third-order valence-electron chi connectivity index (χ3n) is 2.81. The molecule has 0 radical (unpaired) electrons. The lowest BCUT2D eigenvalue weighted by atomic mass is 10.2. The summed E-state index contributed by atoms with van der Waals surface area (Å²) in [5.74, 6) is 0.914. The number of nitrogens with one attached hydrogen (secondary N) is 1. The number of hydrogen-bond acceptors (Lipinski definition) is 2. The van der Waals surface area contributed by atoms with Crippen LogP contribution in [0.4, 0.5) is 0 Å². The lowest BCUT2D eigenvalue weighted by Gasteiger charge is -2.08. The van der Waals surface area contributed by atoms with Gasteiger partial charge in [0.25, 0.3) is 0 Å². The quantitative estimate of drug-likeness (QED) is 0.356. The Labute approximate surface area is 132 Å². The minimum atomic E-state index is 0.893. The number of unbranched alkanes of at least 4 members (excludes halogenated alkanes) is 3. The van der Waals surface area contributed by atoms with Crippen LogP contribution in [0.1, 0.15) is 31.2 Å². The Morgan fingerprint density at radius 3 is 2.72 bits per heavy atom. The van der Waals surface area contributed by atoms with Gasteiger partial charge in [-0.1, -0.05) is 51.4 Å². The number of ether oxygens (including phenoxy) is 1. The maximum absolute atomic E-state index is 5.23. The predicted octanol–water partition coefficient (Wildman–Crippen LogP) is 4.54. The molecule has 0 amide bonds. The van der Waals surface area contributed by atoms with Crippen LogP contribution in [0, 0.1) is 0 Å². The predicted molar refractivity (Wildman–Crippen MR) is 89.8 cm³/mol. The van der Waals surface area contributed by atoms with Gasteiger partial charge in [-0.3, -0.25) is 0 Å². The molecule has 0 saturated heterocycles. The molecule has 0 bridgehead atoms. The Morgan fingerprint density at radius 2 is 2.00 bits per heavy atom. The molecule has 1 aromatic carbocycles. The molecule has 0 fully saturated rings. The van der Waals surface area contributed by atoms with E-state index in [1.54, 1.807) is 7.11 Å². The average molecular weight is 426 g/mol. The van der Waals surface area contributed by atoms with Crippen molar-refractivity contribution in [2.75, 3.05) is 18.1 Å². The summed E-state index contributed by atoms with van der Waals surface area (Å²) >= 11 is 6.01. The molecular formula is C14H21BrINO. The van der Waals surface area contributed by atoms with Crippen molar-refractivity contribution in [1.29, 1.82) is 0 Å². The number of rotatable bonds is 9. The van der Waals surface area contributed by atoms with Crippen molar-refractivity contribution in [3.8, 4) is 5.75 Å². The number of alkyl halides is 1. The normalized spacial score (nSPS) is 10.6. The van der Waals surface area contributed by atoms with E-state index in [2.05, 4.69) is 49.9 Å². The van der Waals surface area contributed by atoms with Gasteiger partial charge in [-0.05, 0) is 47.6 Å². The van der Waals surface area contributed by atoms with Gasteiger partial charge in [-0.15, -0.1) is 0 Å². The van der Waals surface area contributed by atoms with Gasteiger partial charge < -0.3 is 10.1 Å². The Morgan fingerprint density at radius 1 is 1.22 bits per heavy atom. The standard InChI is InChI=1S/C14H21BrINO/c1-18-13-6-7-14(15)12(10-13)11-17-9-5-3-2-4-8-16/h6-7,10,17H,2-5,8-9,11H2,1H3. The zero-order valence-corrected chi connectivity index (χ0v) is 14.6. The summed E-state index contributed by atoms with van der Waals surface area (Å²) in [5.41, 5.74) is 1.25. The first-order valence-corrected chi connectivity index (χ1v) is 8.69. The summed E-state index contributed by atoms with van der Waals surface area (Å²) in [6.07, 6.45) is 5.29. The van der Waals surface area contributed by atoms with E-state index < -0.39 is 0 Å². The highest BCUT2D eigenvalue weighted by Gasteiger charge is 2.01. The highest BCUT2D eigenvalue weighted by Crippen LogP contribution is 2.22. The van der Waals surface area contributed by atoms with Crippen LogP contribution in [0.15, 0.2) is 22.7 Å². The van der Waals surface area contributed by atoms with E-state index in [0.717, 1.165) is 23.3 Å². The highest BCUT2D eigenvalue weighted by atomic mass is 127. The largest absolute Gasteiger partial charge is 0.497 e. The highest BCUT2D eigenvalue weighted by molar-refractivity contribution is 14.1. The molecule has 0 saturated carbocycles. The van der Waals surface area contributed by atoms with Gasteiger partial charge in [0.1, 0.15) is 5.75 Å². The molecule has 0 aliphatic heterocycles. The van der Waals surface area contributed by atoms with Crippen molar-refractivity contribution in [3.05, 3.63) is 28.2 Å². The van der Waals surface area contributed by atoms with Crippen LogP contribution in [0.2, 0.25) is 0 Å². The lowest BCUT2D eigenvalue weighted by Crippen LogP contribution is -2.15. The molecule has 1 aromatic rings. The van der Waals surface area contributed by atoms with Gasteiger partial charge in [0.15, 0.2) is 0 Å². The fraction of sp³-hybridized carbons (Fsp3) is 0.571. The van der Waals surface area contributed by atoms with Crippen LogP contribution in [0.25, 0.3) is 0 Å². The molecule has 102 valence electrons. The molecule has 0 aliphatic rings. The molecule has 0 aromatic heterocycles. The minimum Gasteiger partial charge on any atom is -0.497 e. The monoisotopic (exact) mass is 425 g/mol. The maximum atomic E-state index is 5.23. The topological polar surface area (TPSA) is 21.3 Å². The van der Waals surface area contributed by atoms with E-state index in [4.69, 9.17) is 4.74 Å².